The number of hydrogen-bond donors (Lipinski definition) is 0. The van der Waals surface area contributed by atoms with E-state index < -0.39 is 8.32 Å². The fourth-order valence-corrected chi connectivity index (χ4v) is 9.82. The first-order valence-corrected chi connectivity index (χ1v) is 11.1. The van der Waals surface area contributed by atoms with Crippen LogP contribution in [0.15, 0.2) is 42.0 Å². The molecule has 1 atom stereocenters. The first kappa shape index (κ1) is 18.5. The quantitative estimate of drug-likeness (QED) is 0.453. The second kappa shape index (κ2) is 6.56. The Morgan fingerprint density at radius 2 is 1.57 bits per heavy atom. The number of benzene rings is 1. The van der Waals surface area contributed by atoms with Crippen LogP contribution in [0.25, 0.3) is 0 Å². The molecule has 0 unspecified atom stereocenters. The summed E-state index contributed by atoms with van der Waals surface area (Å²) in [5.41, 5.74) is 2.84. The molecule has 1 nitrogen and oxygen atoms in total. The molecule has 1 aliphatic heterocycles. The van der Waals surface area contributed by atoms with Crippen molar-refractivity contribution < 1.29 is 4.43 Å². The van der Waals surface area contributed by atoms with Crippen LogP contribution in [0.4, 0.5) is 0 Å². The van der Waals surface area contributed by atoms with E-state index in [1.165, 1.54) is 11.1 Å². The van der Waals surface area contributed by atoms with Crippen molar-refractivity contribution in [3.63, 3.8) is 0 Å². The molecule has 1 aromatic rings. The Balaban J connectivity index is 2.21. The molecule has 0 fully saturated rings. The maximum Gasteiger partial charge on any atom is 0.207 e. The molecule has 2 heteroatoms. The van der Waals surface area contributed by atoms with Gasteiger partial charge in [-0.25, -0.2) is 0 Å². The summed E-state index contributed by atoms with van der Waals surface area (Å²) in [6.45, 7) is 16.5. The van der Waals surface area contributed by atoms with E-state index in [1.54, 1.807) is 0 Å². The highest BCUT2D eigenvalue weighted by atomic mass is 28.4. The average Bonchev–Trinajstić information content (AvgIpc) is 2.45. The third kappa shape index (κ3) is 3.80. The molecule has 1 heterocycles. The van der Waals surface area contributed by atoms with Crippen LogP contribution in [-0.2, 0) is 10.8 Å². The van der Waals surface area contributed by atoms with Crippen molar-refractivity contribution in [2.75, 3.05) is 0 Å². The Labute approximate surface area is 144 Å². The molecule has 0 aromatic heterocycles. The molecular weight excluding hydrogens is 296 g/mol. The summed E-state index contributed by atoms with van der Waals surface area (Å²) in [6.07, 6.45) is 4.96. The first-order chi connectivity index (χ1) is 10.6. The lowest BCUT2D eigenvalue weighted by Gasteiger charge is -2.54. The zero-order valence-electron chi connectivity index (χ0n) is 16.1. The van der Waals surface area contributed by atoms with Gasteiger partial charge in [0.15, 0.2) is 0 Å². The van der Waals surface area contributed by atoms with Crippen LogP contribution < -0.4 is 0 Å². The Kier molecular flexibility index (Phi) is 5.27. The van der Waals surface area contributed by atoms with Gasteiger partial charge in [-0.15, -0.1) is 0 Å². The molecule has 1 aromatic carbocycles. The van der Waals surface area contributed by atoms with Crippen LogP contribution >= 0.6 is 0 Å². The van der Waals surface area contributed by atoms with E-state index >= 15 is 0 Å². The van der Waals surface area contributed by atoms with Crippen LogP contribution in [0, 0.1) is 0 Å². The van der Waals surface area contributed by atoms with Crippen LogP contribution in [0.1, 0.15) is 60.5 Å². The van der Waals surface area contributed by atoms with Gasteiger partial charge in [0.1, 0.15) is 0 Å². The standard InChI is InChI=1S/C21H34OSi/c1-17-15-16-23(20(2,3)4,21(5,6)7)22-19(17)14-13-18-11-9-8-10-12-18/h8-12,15,19H,13-14,16H2,1-7H3/t19-/m0/s1. The van der Waals surface area contributed by atoms with Crippen molar-refractivity contribution >= 4 is 8.32 Å². The van der Waals surface area contributed by atoms with Gasteiger partial charge in [-0.05, 0) is 41.4 Å². The van der Waals surface area contributed by atoms with Gasteiger partial charge >= 0.3 is 0 Å². The zero-order valence-corrected chi connectivity index (χ0v) is 17.1. The Hall–Kier alpha value is -0.863. The fraction of sp³-hybridized carbons (Fsp3) is 0.619. The summed E-state index contributed by atoms with van der Waals surface area (Å²) in [5, 5.41) is 0.487. The van der Waals surface area contributed by atoms with E-state index in [0.29, 0.717) is 0 Å². The Morgan fingerprint density at radius 1 is 1.00 bits per heavy atom. The van der Waals surface area contributed by atoms with Gasteiger partial charge in [0.2, 0.25) is 8.32 Å². The average molecular weight is 331 g/mol. The maximum atomic E-state index is 7.01. The fourth-order valence-electron chi connectivity index (χ4n) is 4.14. The molecule has 1 aliphatic rings. The van der Waals surface area contributed by atoms with Crippen LogP contribution in [-0.4, -0.2) is 14.4 Å². The van der Waals surface area contributed by atoms with Crippen LogP contribution in [0.5, 0.6) is 0 Å². The first-order valence-electron chi connectivity index (χ1n) is 8.95. The Bertz CT molecular complexity index is 531. The van der Waals surface area contributed by atoms with Gasteiger partial charge in [-0.1, -0.05) is 83.5 Å². The summed E-state index contributed by atoms with van der Waals surface area (Å²) in [4.78, 5) is 0. The van der Waals surface area contributed by atoms with E-state index in [4.69, 9.17) is 4.43 Å². The molecule has 0 aliphatic carbocycles. The zero-order chi connectivity index (χ0) is 17.3. The van der Waals surface area contributed by atoms with Gasteiger partial charge in [-0.2, -0.15) is 0 Å². The third-order valence-electron chi connectivity index (χ3n) is 5.52. The van der Waals surface area contributed by atoms with Crippen molar-refractivity contribution in [2.24, 2.45) is 0 Å². The molecule has 0 bridgehead atoms. The van der Waals surface area contributed by atoms with Crippen molar-refractivity contribution in [3.8, 4) is 0 Å². The third-order valence-corrected chi connectivity index (χ3v) is 11.8. The summed E-state index contributed by atoms with van der Waals surface area (Å²) in [6, 6.07) is 11.9. The largest absolute Gasteiger partial charge is 0.409 e. The lowest BCUT2D eigenvalue weighted by Crippen LogP contribution is -2.57. The number of rotatable bonds is 3. The molecule has 0 saturated heterocycles. The summed E-state index contributed by atoms with van der Waals surface area (Å²) in [5.74, 6) is 0. The predicted molar refractivity (Wildman–Crippen MR) is 103 cm³/mol. The van der Waals surface area contributed by atoms with Gasteiger partial charge in [0.05, 0.1) is 6.10 Å². The minimum atomic E-state index is -1.91. The molecular formula is C21H34OSi. The van der Waals surface area contributed by atoms with Crippen LogP contribution in [0.3, 0.4) is 0 Å². The normalized spacial score (nSPS) is 21.9. The predicted octanol–water partition coefficient (Wildman–Crippen LogP) is 6.51. The van der Waals surface area contributed by atoms with Gasteiger partial charge in [0.25, 0.3) is 0 Å². The molecule has 0 amide bonds. The van der Waals surface area contributed by atoms with Crippen molar-refractivity contribution in [1.82, 2.24) is 0 Å². The number of hydrogen-bond acceptors (Lipinski definition) is 1. The molecule has 0 saturated carbocycles. The highest BCUT2D eigenvalue weighted by molar-refractivity contribution is 6.80. The van der Waals surface area contributed by atoms with E-state index in [9.17, 15) is 0 Å². The van der Waals surface area contributed by atoms with Crippen molar-refractivity contribution in [1.29, 1.82) is 0 Å². The van der Waals surface area contributed by atoms with E-state index in [2.05, 4.69) is 84.9 Å². The number of allylic oxidation sites excluding steroid dienone is 1. The number of aryl methyl sites for hydroxylation is 1. The van der Waals surface area contributed by atoms with E-state index in [-0.39, 0.29) is 16.2 Å². The topological polar surface area (TPSA) is 9.23 Å². The molecule has 23 heavy (non-hydrogen) atoms. The molecule has 0 radical (unpaired) electrons. The van der Waals surface area contributed by atoms with Gasteiger partial charge in [-0.3, -0.25) is 0 Å². The molecule has 2 rings (SSSR count). The van der Waals surface area contributed by atoms with E-state index in [1.807, 2.05) is 0 Å². The SMILES string of the molecule is CC1=CC[Si](C(C)(C)C)(C(C)(C)C)O[C@H]1CCc1ccccc1. The minimum absolute atomic E-state index is 0.243. The van der Waals surface area contributed by atoms with Gasteiger partial charge in [0, 0.05) is 0 Å². The Morgan fingerprint density at radius 3 is 2.09 bits per heavy atom. The van der Waals surface area contributed by atoms with Crippen molar-refractivity contribution in [2.45, 2.75) is 83.5 Å². The molecule has 0 N–H and O–H groups in total. The van der Waals surface area contributed by atoms with Crippen molar-refractivity contribution in [3.05, 3.63) is 47.5 Å². The lowest BCUT2D eigenvalue weighted by atomic mass is 10.0. The lowest BCUT2D eigenvalue weighted by molar-refractivity contribution is 0.177. The highest BCUT2D eigenvalue weighted by Crippen LogP contribution is 2.56. The summed E-state index contributed by atoms with van der Waals surface area (Å²) < 4.78 is 7.01. The summed E-state index contributed by atoms with van der Waals surface area (Å²) >= 11 is 0. The van der Waals surface area contributed by atoms with Gasteiger partial charge < -0.3 is 4.43 Å². The highest BCUT2D eigenvalue weighted by Gasteiger charge is 2.56. The second-order valence-corrected chi connectivity index (χ2v) is 14.4. The second-order valence-electron chi connectivity index (χ2n) is 9.11. The summed E-state index contributed by atoms with van der Waals surface area (Å²) in [7, 11) is -1.91. The smallest absolute Gasteiger partial charge is 0.207 e. The maximum absolute atomic E-state index is 7.01. The monoisotopic (exact) mass is 330 g/mol. The molecule has 0 spiro atoms. The molecule has 128 valence electrons. The minimum Gasteiger partial charge on any atom is -0.409 e. The van der Waals surface area contributed by atoms with Crippen LogP contribution in [0.2, 0.25) is 16.1 Å². The van der Waals surface area contributed by atoms with E-state index in [0.717, 1.165) is 18.9 Å².